The molecule has 2 heterocycles. The Morgan fingerprint density at radius 3 is 2.06 bits per heavy atom. The summed E-state index contributed by atoms with van der Waals surface area (Å²) in [4.78, 5) is 23.1. The van der Waals surface area contributed by atoms with Gasteiger partial charge in [-0.05, 0) is 29.3 Å². The number of benzene rings is 3. The van der Waals surface area contributed by atoms with Crippen LogP contribution in [0.5, 0.6) is 0 Å². The first-order valence-corrected chi connectivity index (χ1v) is 11.5. The minimum atomic E-state index is -0.255. The minimum absolute atomic E-state index is 0.255. The van der Waals surface area contributed by atoms with Crippen LogP contribution in [0.4, 0.5) is 5.82 Å². The normalized spacial score (nSPS) is 11.1. The molecule has 0 spiro atoms. The lowest BCUT2D eigenvalue weighted by Gasteiger charge is -2.16. The number of anilines is 1. The second-order valence-electron chi connectivity index (χ2n) is 7.96. The van der Waals surface area contributed by atoms with Gasteiger partial charge in [-0.3, -0.25) is 9.36 Å². The van der Waals surface area contributed by atoms with Crippen molar-refractivity contribution in [3.63, 3.8) is 0 Å². The van der Waals surface area contributed by atoms with Gasteiger partial charge in [0.25, 0.3) is 5.56 Å². The average molecular weight is 487 g/mol. The molecule has 5 rings (SSSR count). The maximum absolute atomic E-state index is 13.8. The topological polar surface area (TPSA) is 73.8 Å². The van der Waals surface area contributed by atoms with Gasteiger partial charge in [-0.15, -0.1) is 0 Å². The van der Waals surface area contributed by atoms with Gasteiger partial charge in [-0.1, -0.05) is 89.9 Å². The molecule has 2 aromatic heterocycles. The van der Waals surface area contributed by atoms with Crippen molar-refractivity contribution in [2.45, 2.75) is 13.0 Å². The smallest absolute Gasteiger partial charge is 0.260 e. The number of rotatable bonds is 5. The molecule has 0 bridgehead atoms. The third-order valence-electron chi connectivity index (χ3n) is 5.64. The zero-order valence-corrected chi connectivity index (χ0v) is 19.6. The van der Waals surface area contributed by atoms with Crippen LogP contribution in [-0.4, -0.2) is 14.5 Å². The molecule has 7 heteroatoms. The van der Waals surface area contributed by atoms with Crippen molar-refractivity contribution in [1.29, 1.82) is 0 Å². The third kappa shape index (κ3) is 4.28. The number of hydrogen-bond acceptors (Lipinski definition) is 4. The quantitative estimate of drug-likeness (QED) is 0.331. The van der Waals surface area contributed by atoms with Gasteiger partial charge in [0.05, 0.1) is 27.5 Å². The zero-order chi connectivity index (χ0) is 23.7. The molecule has 0 saturated heterocycles. The summed E-state index contributed by atoms with van der Waals surface area (Å²) < 4.78 is 1.62. The second kappa shape index (κ2) is 9.29. The number of nitrogens with two attached hydrogens (primary N) is 1. The van der Waals surface area contributed by atoms with Crippen LogP contribution in [0.15, 0.2) is 89.7 Å². The molecule has 5 aromatic rings. The first-order valence-electron chi connectivity index (χ1n) is 10.7. The summed E-state index contributed by atoms with van der Waals surface area (Å²) in [7, 11) is 0. The van der Waals surface area contributed by atoms with E-state index in [1.54, 1.807) is 28.8 Å². The summed E-state index contributed by atoms with van der Waals surface area (Å²) in [5.41, 5.74) is 9.45. The predicted molar refractivity (Wildman–Crippen MR) is 138 cm³/mol. The Bertz CT molecular complexity index is 1530. The standard InChI is InChI=1S/C27H20Cl2N4O/c28-21-12-7-13-22(29)24(21)19-15-20-25(30)31-23(14-17-8-3-1-4-9-17)32-26(20)33(27(19)34)16-18-10-5-2-6-11-18/h1-13,15H,14,16H2,(H2,30,31,32). The molecule has 0 radical (unpaired) electrons. The predicted octanol–water partition coefficient (Wildman–Crippen LogP) is 5.99. The van der Waals surface area contributed by atoms with Crippen molar-refractivity contribution in [2.24, 2.45) is 0 Å². The molecule has 0 aliphatic heterocycles. The van der Waals surface area contributed by atoms with Gasteiger partial charge in [0.1, 0.15) is 17.3 Å². The van der Waals surface area contributed by atoms with Gasteiger partial charge in [-0.25, -0.2) is 9.97 Å². The van der Waals surface area contributed by atoms with E-state index in [1.807, 2.05) is 60.7 Å². The molecule has 2 N–H and O–H groups in total. The molecular formula is C27H20Cl2N4O. The number of nitrogens with zero attached hydrogens (tertiary/aromatic N) is 3. The Morgan fingerprint density at radius 2 is 1.41 bits per heavy atom. The van der Waals surface area contributed by atoms with Gasteiger partial charge in [0, 0.05) is 12.0 Å². The Kier molecular flexibility index (Phi) is 6.05. The Morgan fingerprint density at radius 1 is 0.794 bits per heavy atom. The summed E-state index contributed by atoms with van der Waals surface area (Å²) in [5, 5.41) is 1.34. The summed E-state index contributed by atoms with van der Waals surface area (Å²) >= 11 is 12.9. The highest BCUT2D eigenvalue weighted by Gasteiger charge is 2.19. The maximum atomic E-state index is 13.8. The van der Waals surface area contributed by atoms with E-state index < -0.39 is 0 Å². The molecule has 0 aliphatic rings. The van der Waals surface area contributed by atoms with E-state index in [-0.39, 0.29) is 5.56 Å². The molecule has 0 fully saturated rings. The van der Waals surface area contributed by atoms with Crippen LogP contribution in [0.3, 0.4) is 0 Å². The van der Waals surface area contributed by atoms with Crippen LogP contribution in [0.25, 0.3) is 22.2 Å². The molecule has 0 unspecified atom stereocenters. The van der Waals surface area contributed by atoms with E-state index in [9.17, 15) is 4.79 Å². The van der Waals surface area contributed by atoms with Crippen LogP contribution in [0, 0.1) is 0 Å². The third-order valence-corrected chi connectivity index (χ3v) is 6.27. The average Bonchev–Trinajstić information content (AvgIpc) is 2.83. The van der Waals surface area contributed by atoms with E-state index in [2.05, 4.69) is 4.98 Å². The van der Waals surface area contributed by atoms with Crippen LogP contribution in [0.1, 0.15) is 17.0 Å². The van der Waals surface area contributed by atoms with Crippen LogP contribution in [-0.2, 0) is 13.0 Å². The summed E-state index contributed by atoms with van der Waals surface area (Å²) in [6.07, 6.45) is 0.499. The zero-order valence-electron chi connectivity index (χ0n) is 18.1. The fraction of sp³-hybridized carbons (Fsp3) is 0.0741. The Hall–Kier alpha value is -3.67. The number of pyridine rings is 1. The van der Waals surface area contributed by atoms with Crippen LogP contribution >= 0.6 is 23.2 Å². The van der Waals surface area contributed by atoms with Crippen molar-refractivity contribution in [2.75, 3.05) is 5.73 Å². The van der Waals surface area contributed by atoms with Crippen molar-refractivity contribution < 1.29 is 0 Å². The molecule has 168 valence electrons. The molecule has 0 saturated carbocycles. The summed E-state index contributed by atoms with van der Waals surface area (Å²) in [5.74, 6) is 0.836. The lowest BCUT2D eigenvalue weighted by molar-refractivity contribution is 0.778. The summed E-state index contributed by atoms with van der Waals surface area (Å²) in [6.45, 7) is 0.313. The van der Waals surface area contributed by atoms with E-state index in [0.29, 0.717) is 56.8 Å². The molecular weight excluding hydrogens is 467 g/mol. The van der Waals surface area contributed by atoms with Gasteiger partial charge in [-0.2, -0.15) is 0 Å². The van der Waals surface area contributed by atoms with Gasteiger partial charge in [0.2, 0.25) is 0 Å². The highest BCUT2D eigenvalue weighted by Crippen LogP contribution is 2.34. The molecule has 34 heavy (non-hydrogen) atoms. The molecule has 0 aliphatic carbocycles. The van der Waals surface area contributed by atoms with E-state index in [0.717, 1.165) is 11.1 Å². The van der Waals surface area contributed by atoms with E-state index in [4.69, 9.17) is 33.9 Å². The number of fused-ring (bicyclic) bond motifs is 1. The second-order valence-corrected chi connectivity index (χ2v) is 8.77. The Labute approximate surface area is 206 Å². The Balaban J connectivity index is 1.76. The van der Waals surface area contributed by atoms with Crippen molar-refractivity contribution in [1.82, 2.24) is 14.5 Å². The summed E-state index contributed by atoms with van der Waals surface area (Å²) in [6, 6.07) is 26.4. The number of aromatic nitrogens is 3. The van der Waals surface area contributed by atoms with Crippen molar-refractivity contribution in [3.05, 3.63) is 122 Å². The molecule has 3 aromatic carbocycles. The lowest BCUT2D eigenvalue weighted by atomic mass is 10.0. The van der Waals surface area contributed by atoms with Crippen LogP contribution in [0.2, 0.25) is 10.0 Å². The molecule has 0 atom stereocenters. The van der Waals surface area contributed by atoms with Gasteiger partial charge < -0.3 is 5.73 Å². The minimum Gasteiger partial charge on any atom is -0.383 e. The van der Waals surface area contributed by atoms with Crippen molar-refractivity contribution in [3.8, 4) is 11.1 Å². The first kappa shape index (κ1) is 22.1. The number of halogens is 2. The van der Waals surface area contributed by atoms with E-state index >= 15 is 0 Å². The number of nitrogen functional groups attached to an aromatic ring is 1. The lowest BCUT2D eigenvalue weighted by Crippen LogP contribution is -2.24. The van der Waals surface area contributed by atoms with Crippen molar-refractivity contribution >= 4 is 40.1 Å². The van der Waals surface area contributed by atoms with Gasteiger partial charge >= 0.3 is 0 Å². The maximum Gasteiger partial charge on any atom is 0.260 e. The fourth-order valence-electron chi connectivity index (χ4n) is 4.02. The molecule has 5 nitrogen and oxygen atoms in total. The van der Waals surface area contributed by atoms with Gasteiger partial charge in [0.15, 0.2) is 0 Å². The first-order chi connectivity index (χ1) is 16.5. The van der Waals surface area contributed by atoms with Crippen LogP contribution < -0.4 is 11.3 Å². The monoisotopic (exact) mass is 486 g/mol. The highest BCUT2D eigenvalue weighted by atomic mass is 35.5. The SMILES string of the molecule is Nc1nc(Cc2ccccc2)nc2c1cc(-c1c(Cl)cccc1Cl)c(=O)n2Cc1ccccc1. The van der Waals surface area contributed by atoms with E-state index in [1.165, 1.54) is 0 Å². The largest absolute Gasteiger partial charge is 0.383 e. The fourth-order valence-corrected chi connectivity index (χ4v) is 4.62. The number of hydrogen-bond donors (Lipinski definition) is 1. The highest BCUT2D eigenvalue weighted by molar-refractivity contribution is 6.39. The molecule has 0 amide bonds.